The Morgan fingerprint density at radius 2 is 2.19 bits per heavy atom. The van der Waals surface area contributed by atoms with Gasteiger partial charge in [-0.2, -0.15) is 0 Å². The SMILES string of the molecule is CCN1CCC[C@@H]1Cn1c(C)nnc1SCC(=O)N(C)C. The van der Waals surface area contributed by atoms with Gasteiger partial charge in [-0.1, -0.05) is 18.7 Å². The fraction of sp³-hybridized carbons (Fsp3) is 0.786. The molecule has 7 heteroatoms. The van der Waals surface area contributed by atoms with Crippen molar-refractivity contribution < 1.29 is 4.79 Å². The first kappa shape index (κ1) is 16.3. The van der Waals surface area contributed by atoms with Crippen molar-refractivity contribution in [1.29, 1.82) is 0 Å². The number of thioether (sulfide) groups is 1. The summed E-state index contributed by atoms with van der Waals surface area (Å²) in [6, 6.07) is 0.564. The van der Waals surface area contributed by atoms with Crippen LogP contribution in [0, 0.1) is 6.92 Å². The van der Waals surface area contributed by atoms with Crippen LogP contribution in [0.15, 0.2) is 5.16 Å². The Bertz CT molecular complexity index is 488. The Morgan fingerprint density at radius 3 is 2.86 bits per heavy atom. The van der Waals surface area contributed by atoms with Gasteiger partial charge in [-0.25, -0.2) is 0 Å². The summed E-state index contributed by atoms with van der Waals surface area (Å²) in [6.45, 7) is 7.39. The maximum Gasteiger partial charge on any atom is 0.232 e. The van der Waals surface area contributed by atoms with E-state index in [1.165, 1.54) is 31.1 Å². The van der Waals surface area contributed by atoms with E-state index in [1.807, 2.05) is 6.92 Å². The molecule has 0 aromatic carbocycles. The van der Waals surface area contributed by atoms with Gasteiger partial charge in [-0.3, -0.25) is 9.69 Å². The fourth-order valence-electron chi connectivity index (χ4n) is 2.66. The Kier molecular flexibility index (Phi) is 5.64. The predicted octanol–water partition coefficient (Wildman–Crippen LogP) is 1.25. The molecule has 0 saturated carbocycles. The van der Waals surface area contributed by atoms with Gasteiger partial charge in [0.1, 0.15) is 5.82 Å². The third kappa shape index (κ3) is 3.97. The van der Waals surface area contributed by atoms with E-state index in [-0.39, 0.29) is 5.91 Å². The molecule has 1 amide bonds. The van der Waals surface area contributed by atoms with E-state index in [1.54, 1.807) is 19.0 Å². The molecule has 0 bridgehead atoms. The van der Waals surface area contributed by atoms with Gasteiger partial charge in [0, 0.05) is 26.7 Å². The van der Waals surface area contributed by atoms with Crippen molar-refractivity contribution in [3.8, 4) is 0 Å². The van der Waals surface area contributed by atoms with Crippen LogP contribution >= 0.6 is 11.8 Å². The Balaban J connectivity index is 2.02. The van der Waals surface area contributed by atoms with Crippen LogP contribution in [0.5, 0.6) is 0 Å². The maximum atomic E-state index is 11.7. The van der Waals surface area contributed by atoms with Crippen molar-refractivity contribution in [3.05, 3.63) is 5.82 Å². The third-order valence-corrected chi connectivity index (χ3v) is 4.98. The van der Waals surface area contributed by atoms with E-state index in [9.17, 15) is 4.79 Å². The topological polar surface area (TPSA) is 54.3 Å². The number of aryl methyl sites for hydroxylation is 1. The van der Waals surface area contributed by atoms with Crippen LogP contribution in [-0.4, -0.2) is 69.5 Å². The van der Waals surface area contributed by atoms with Gasteiger partial charge >= 0.3 is 0 Å². The van der Waals surface area contributed by atoms with Gasteiger partial charge in [0.15, 0.2) is 5.16 Å². The van der Waals surface area contributed by atoms with Gasteiger partial charge in [0.25, 0.3) is 0 Å². The minimum Gasteiger partial charge on any atom is -0.348 e. The lowest BCUT2D eigenvalue weighted by Gasteiger charge is -2.24. The quantitative estimate of drug-likeness (QED) is 0.740. The summed E-state index contributed by atoms with van der Waals surface area (Å²) >= 11 is 1.48. The molecule has 1 aromatic rings. The lowest BCUT2D eigenvalue weighted by atomic mass is 10.2. The molecule has 1 aliphatic heterocycles. The molecule has 6 nitrogen and oxygen atoms in total. The highest BCUT2D eigenvalue weighted by molar-refractivity contribution is 7.99. The number of aromatic nitrogens is 3. The molecule has 0 unspecified atom stereocenters. The standard InChI is InChI=1S/C14H25N5OS/c1-5-18-8-6-7-12(18)9-19-11(2)15-16-14(19)21-10-13(20)17(3)4/h12H,5-10H2,1-4H3/t12-/m1/s1. The number of likely N-dealkylation sites (N-methyl/N-ethyl adjacent to an activating group) is 1. The average molecular weight is 311 g/mol. The number of amides is 1. The van der Waals surface area contributed by atoms with Crippen molar-refractivity contribution in [1.82, 2.24) is 24.6 Å². The molecule has 1 saturated heterocycles. The van der Waals surface area contributed by atoms with Gasteiger partial charge < -0.3 is 9.47 Å². The van der Waals surface area contributed by atoms with Crippen LogP contribution in [0.4, 0.5) is 0 Å². The molecule has 0 spiro atoms. The minimum absolute atomic E-state index is 0.100. The predicted molar refractivity (Wildman–Crippen MR) is 84.4 cm³/mol. The average Bonchev–Trinajstić information content (AvgIpc) is 3.04. The van der Waals surface area contributed by atoms with Gasteiger partial charge in [-0.15, -0.1) is 10.2 Å². The summed E-state index contributed by atoms with van der Waals surface area (Å²) in [5.41, 5.74) is 0. The van der Waals surface area contributed by atoms with Crippen LogP contribution in [0.1, 0.15) is 25.6 Å². The van der Waals surface area contributed by atoms with E-state index in [0.717, 1.165) is 24.1 Å². The van der Waals surface area contributed by atoms with E-state index in [0.29, 0.717) is 11.8 Å². The second-order valence-corrected chi connectivity index (χ2v) is 6.58. The van der Waals surface area contributed by atoms with Crippen molar-refractivity contribution in [3.63, 3.8) is 0 Å². The highest BCUT2D eigenvalue weighted by atomic mass is 32.2. The fourth-order valence-corrected chi connectivity index (χ4v) is 3.63. The molecular formula is C14H25N5OS. The van der Waals surface area contributed by atoms with Crippen LogP contribution < -0.4 is 0 Å². The molecule has 1 atom stereocenters. The molecule has 2 heterocycles. The Hall–Kier alpha value is -1.08. The van der Waals surface area contributed by atoms with E-state index < -0.39 is 0 Å². The molecule has 1 fully saturated rings. The summed E-state index contributed by atoms with van der Waals surface area (Å²) < 4.78 is 2.16. The number of nitrogens with zero attached hydrogens (tertiary/aromatic N) is 5. The zero-order chi connectivity index (χ0) is 15.4. The summed E-state index contributed by atoms with van der Waals surface area (Å²) in [5.74, 6) is 1.44. The van der Waals surface area contributed by atoms with E-state index in [4.69, 9.17) is 0 Å². The Morgan fingerprint density at radius 1 is 1.43 bits per heavy atom. The molecule has 2 rings (SSSR count). The third-order valence-electron chi connectivity index (χ3n) is 4.02. The van der Waals surface area contributed by atoms with Crippen LogP contribution in [0.2, 0.25) is 0 Å². The summed E-state index contributed by atoms with van der Waals surface area (Å²) in [4.78, 5) is 15.8. The number of carbonyl (C=O) groups is 1. The molecule has 0 aliphatic carbocycles. The smallest absolute Gasteiger partial charge is 0.232 e. The zero-order valence-electron chi connectivity index (χ0n) is 13.4. The highest BCUT2D eigenvalue weighted by Gasteiger charge is 2.25. The molecule has 0 N–H and O–H groups in total. The first-order valence-electron chi connectivity index (χ1n) is 7.49. The summed E-state index contributed by atoms with van der Waals surface area (Å²) in [6.07, 6.45) is 2.49. The summed E-state index contributed by atoms with van der Waals surface area (Å²) in [5, 5.41) is 9.26. The number of carbonyl (C=O) groups excluding carboxylic acids is 1. The molecular weight excluding hydrogens is 286 g/mol. The van der Waals surface area contributed by atoms with Crippen molar-refractivity contribution in [2.24, 2.45) is 0 Å². The van der Waals surface area contributed by atoms with Crippen molar-refractivity contribution in [2.75, 3.05) is 32.9 Å². The zero-order valence-corrected chi connectivity index (χ0v) is 14.2. The monoisotopic (exact) mass is 311 g/mol. The number of hydrogen-bond acceptors (Lipinski definition) is 5. The van der Waals surface area contributed by atoms with Crippen LogP contribution in [0.25, 0.3) is 0 Å². The highest BCUT2D eigenvalue weighted by Crippen LogP contribution is 2.23. The van der Waals surface area contributed by atoms with Crippen LogP contribution in [-0.2, 0) is 11.3 Å². The number of hydrogen-bond donors (Lipinski definition) is 0. The van der Waals surface area contributed by atoms with E-state index in [2.05, 4.69) is 26.6 Å². The second kappa shape index (κ2) is 7.26. The molecule has 1 aromatic heterocycles. The lowest BCUT2D eigenvalue weighted by Crippen LogP contribution is -2.33. The maximum absolute atomic E-state index is 11.7. The second-order valence-electron chi connectivity index (χ2n) is 5.64. The molecule has 118 valence electrons. The Labute approximate surface area is 130 Å². The van der Waals surface area contributed by atoms with E-state index >= 15 is 0 Å². The van der Waals surface area contributed by atoms with Gasteiger partial charge in [0.2, 0.25) is 5.91 Å². The normalized spacial score (nSPS) is 19.1. The number of likely N-dealkylation sites (tertiary alicyclic amines) is 1. The first-order chi connectivity index (χ1) is 10.0. The lowest BCUT2D eigenvalue weighted by molar-refractivity contribution is -0.125. The van der Waals surface area contributed by atoms with Crippen molar-refractivity contribution in [2.45, 2.75) is 44.4 Å². The molecule has 1 aliphatic rings. The van der Waals surface area contributed by atoms with Crippen LogP contribution in [0.3, 0.4) is 0 Å². The number of rotatable bonds is 6. The molecule has 0 radical (unpaired) electrons. The first-order valence-corrected chi connectivity index (χ1v) is 8.48. The van der Waals surface area contributed by atoms with Gasteiger partial charge in [0.05, 0.1) is 5.75 Å². The van der Waals surface area contributed by atoms with Crippen molar-refractivity contribution >= 4 is 17.7 Å². The van der Waals surface area contributed by atoms with Gasteiger partial charge in [-0.05, 0) is 32.9 Å². The minimum atomic E-state index is 0.100. The largest absolute Gasteiger partial charge is 0.348 e. The molecule has 21 heavy (non-hydrogen) atoms. The summed E-state index contributed by atoms with van der Waals surface area (Å²) in [7, 11) is 3.55.